The maximum atomic E-state index is 12.4. The van der Waals surface area contributed by atoms with Crippen molar-refractivity contribution < 1.29 is 23.9 Å². The highest BCUT2D eigenvalue weighted by Crippen LogP contribution is 2.66. The summed E-state index contributed by atoms with van der Waals surface area (Å²) in [7, 11) is 0. The molecule has 1 unspecified atom stereocenters. The van der Waals surface area contributed by atoms with Crippen molar-refractivity contribution in [1.82, 2.24) is 0 Å². The van der Waals surface area contributed by atoms with Crippen molar-refractivity contribution in [3.8, 4) is 0 Å². The second kappa shape index (κ2) is 5.54. The highest BCUT2D eigenvalue weighted by Gasteiger charge is 2.65. The molecule has 0 amide bonds. The minimum Gasteiger partial charge on any atom is -0.462 e. The molecule has 140 valence electrons. The summed E-state index contributed by atoms with van der Waals surface area (Å²) in [5, 5.41) is 0. The highest BCUT2D eigenvalue weighted by molar-refractivity contribution is 5.97. The smallest absolute Gasteiger partial charge is 0.331 e. The molecule has 26 heavy (non-hydrogen) atoms. The standard InChI is InChI=1S/C21H26O5/c1-11-14(23)5-6-16-20(3)8-7-13-9-17(24)26-19(13)18(20)15(25-12(2)22)10-21(11,16)4/h9,15-16,18-19H,1,5-8,10H2,2-4H3/t15-,16+,18-,19?,20+,21-/m0/s1. The molecule has 0 saturated heterocycles. The van der Waals surface area contributed by atoms with Gasteiger partial charge in [-0.1, -0.05) is 20.4 Å². The van der Waals surface area contributed by atoms with Crippen molar-refractivity contribution in [2.45, 2.75) is 65.1 Å². The van der Waals surface area contributed by atoms with Gasteiger partial charge in [0.2, 0.25) is 0 Å². The number of hydrogen-bond acceptors (Lipinski definition) is 5. The van der Waals surface area contributed by atoms with Gasteiger partial charge in [-0.05, 0) is 48.2 Å². The number of esters is 2. The van der Waals surface area contributed by atoms with Crippen molar-refractivity contribution in [1.29, 1.82) is 0 Å². The monoisotopic (exact) mass is 358 g/mol. The molecule has 3 aliphatic carbocycles. The molecule has 1 heterocycles. The number of carbonyl (C=O) groups is 3. The molecule has 0 bridgehead atoms. The molecule has 0 N–H and O–H groups in total. The Labute approximate surface area is 153 Å². The van der Waals surface area contributed by atoms with E-state index in [9.17, 15) is 14.4 Å². The first-order valence-corrected chi connectivity index (χ1v) is 9.48. The first kappa shape index (κ1) is 17.5. The molecule has 0 aromatic rings. The van der Waals surface area contributed by atoms with E-state index in [1.807, 2.05) is 0 Å². The van der Waals surface area contributed by atoms with Gasteiger partial charge in [-0.2, -0.15) is 0 Å². The summed E-state index contributed by atoms with van der Waals surface area (Å²) in [4.78, 5) is 36.1. The molecule has 4 aliphatic rings. The van der Waals surface area contributed by atoms with Crippen LogP contribution in [-0.2, 0) is 23.9 Å². The van der Waals surface area contributed by atoms with Crippen LogP contribution in [0, 0.1) is 22.7 Å². The first-order valence-electron chi connectivity index (χ1n) is 9.48. The van der Waals surface area contributed by atoms with E-state index in [4.69, 9.17) is 9.47 Å². The number of carbonyl (C=O) groups excluding carboxylic acids is 3. The van der Waals surface area contributed by atoms with Gasteiger partial charge >= 0.3 is 11.9 Å². The Morgan fingerprint density at radius 1 is 1.31 bits per heavy atom. The fraction of sp³-hybridized carbons (Fsp3) is 0.667. The molecule has 3 fully saturated rings. The van der Waals surface area contributed by atoms with Gasteiger partial charge in [-0.25, -0.2) is 4.79 Å². The molecule has 4 rings (SSSR count). The quantitative estimate of drug-likeness (QED) is 0.532. The van der Waals surface area contributed by atoms with Gasteiger partial charge in [0.25, 0.3) is 0 Å². The second-order valence-corrected chi connectivity index (χ2v) is 8.87. The molecule has 1 aliphatic heterocycles. The fourth-order valence-electron chi connectivity index (χ4n) is 6.41. The van der Waals surface area contributed by atoms with Crippen LogP contribution in [0.1, 0.15) is 52.9 Å². The number of hydrogen-bond donors (Lipinski definition) is 0. The zero-order valence-electron chi connectivity index (χ0n) is 15.7. The molecular formula is C21H26O5. The Morgan fingerprint density at radius 3 is 2.73 bits per heavy atom. The number of rotatable bonds is 1. The molecule has 0 radical (unpaired) electrons. The lowest BCUT2D eigenvalue weighted by atomic mass is 9.42. The van der Waals surface area contributed by atoms with E-state index in [2.05, 4.69) is 20.4 Å². The van der Waals surface area contributed by atoms with Crippen LogP contribution in [0.4, 0.5) is 0 Å². The lowest BCUT2D eigenvalue weighted by Gasteiger charge is -2.63. The predicted molar refractivity (Wildman–Crippen MR) is 93.9 cm³/mol. The van der Waals surface area contributed by atoms with Gasteiger partial charge in [-0.15, -0.1) is 0 Å². The SMILES string of the molecule is C=C1C(=O)CC[C@@H]2[C@@]3(C)CCC4=CC(=O)OC4[C@@H]3[C@@H](OC(C)=O)C[C@@]12C. The Kier molecular flexibility index (Phi) is 3.73. The number of Topliss-reactive ketones (excluding diaryl/α,β-unsaturated/α-hetero) is 1. The van der Waals surface area contributed by atoms with E-state index in [1.165, 1.54) is 6.92 Å². The number of allylic oxidation sites excluding steroid dienone is 1. The van der Waals surface area contributed by atoms with E-state index in [1.54, 1.807) is 6.08 Å². The summed E-state index contributed by atoms with van der Waals surface area (Å²) < 4.78 is 11.4. The molecule has 6 atom stereocenters. The molecule has 5 heteroatoms. The zero-order chi connectivity index (χ0) is 18.9. The summed E-state index contributed by atoms with van der Waals surface area (Å²) in [6.07, 6.45) is 4.50. The maximum absolute atomic E-state index is 12.4. The van der Waals surface area contributed by atoms with Crippen LogP contribution < -0.4 is 0 Å². The molecule has 5 nitrogen and oxygen atoms in total. The maximum Gasteiger partial charge on any atom is 0.331 e. The third kappa shape index (κ3) is 2.25. The minimum atomic E-state index is -0.388. The van der Waals surface area contributed by atoms with Gasteiger partial charge in [0.1, 0.15) is 12.2 Å². The van der Waals surface area contributed by atoms with Crippen molar-refractivity contribution in [3.63, 3.8) is 0 Å². The highest BCUT2D eigenvalue weighted by atomic mass is 16.6. The van der Waals surface area contributed by atoms with Crippen LogP contribution in [0.3, 0.4) is 0 Å². The van der Waals surface area contributed by atoms with Crippen LogP contribution in [0.15, 0.2) is 23.8 Å². The largest absolute Gasteiger partial charge is 0.462 e. The minimum absolute atomic E-state index is 0.0723. The number of ether oxygens (including phenoxy) is 2. The van der Waals surface area contributed by atoms with E-state index in [0.29, 0.717) is 18.4 Å². The predicted octanol–water partition coefficient (Wildman–Crippen LogP) is 3.13. The summed E-state index contributed by atoms with van der Waals surface area (Å²) in [5.74, 6) is -0.328. The molecule has 0 aromatic heterocycles. The average molecular weight is 358 g/mol. The van der Waals surface area contributed by atoms with Crippen molar-refractivity contribution in [2.24, 2.45) is 22.7 Å². The van der Waals surface area contributed by atoms with Gasteiger partial charge in [0.15, 0.2) is 5.78 Å². The van der Waals surface area contributed by atoms with Crippen molar-refractivity contribution >= 4 is 17.7 Å². The van der Waals surface area contributed by atoms with Crippen molar-refractivity contribution in [3.05, 3.63) is 23.8 Å². The molecule has 0 aromatic carbocycles. The van der Waals surface area contributed by atoms with Gasteiger partial charge < -0.3 is 9.47 Å². The fourth-order valence-corrected chi connectivity index (χ4v) is 6.41. The van der Waals surface area contributed by atoms with Crippen LogP contribution in [0.5, 0.6) is 0 Å². The average Bonchev–Trinajstić information content (AvgIpc) is 2.91. The third-order valence-electron chi connectivity index (χ3n) is 7.55. The Morgan fingerprint density at radius 2 is 2.04 bits per heavy atom. The third-order valence-corrected chi connectivity index (χ3v) is 7.55. The van der Waals surface area contributed by atoms with Crippen LogP contribution in [0.25, 0.3) is 0 Å². The Bertz CT molecular complexity index is 750. The summed E-state index contributed by atoms with van der Waals surface area (Å²) in [5.41, 5.74) is 1.12. The summed E-state index contributed by atoms with van der Waals surface area (Å²) >= 11 is 0. The lowest BCUT2D eigenvalue weighted by Crippen LogP contribution is -2.62. The van der Waals surface area contributed by atoms with Crippen LogP contribution >= 0.6 is 0 Å². The molecule has 3 saturated carbocycles. The Balaban J connectivity index is 1.81. The first-order chi connectivity index (χ1) is 12.2. The molecular weight excluding hydrogens is 332 g/mol. The number of fused-ring (bicyclic) bond motifs is 5. The van der Waals surface area contributed by atoms with E-state index >= 15 is 0 Å². The molecule has 0 spiro atoms. The Hall–Kier alpha value is -1.91. The van der Waals surface area contributed by atoms with Gasteiger partial charge in [0.05, 0.1) is 0 Å². The summed E-state index contributed by atoms with van der Waals surface area (Å²) in [6, 6.07) is 0. The van der Waals surface area contributed by atoms with E-state index < -0.39 is 0 Å². The van der Waals surface area contributed by atoms with Crippen molar-refractivity contribution in [2.75, 3.05) is 0 Å². The zero-order valence-corrected chi connectivity index (χ0v) is 15.7. The summed E-state index contributed by atoms with van der Waals surface area (Å²) in [6.45, 7) is 9.86. The second-order valence-electron chi connectivity index (χ2n) is 8.87. The van der Waals surface area contributed by atoms with E-state index in [0.717, 1.165) is 24.8 Å². The normalized spacial score (nSPS) is 44.4. The number of ketones is 1. The lowest BCUT2D eigenvalue weighted by molar-refractivity contribution is -0.195. The topological polar surface area (TPSA) is 69.7 Å². The van der Waals surface area contributed by atoms with Crippen LogP contribution in [-0.4, -0.2) is 29.9 Å². The van der Waals surface area contributed by atoms with Gasteiger partial charge in [-0.3, -0.25) is 9.59 Å². The van der Waals surface area contributed by atoms with Crippen LogP contribution in [0.2, 0.25) is 0 Å². The van der Waals surface area contributed by atoms with Gasteiger partial charge in [0, 0.05) is 30.8 Å². The van der Waals surface area contributed by atoms with E-state index in [-0.39, 0.29) is 52.6 Å².